The summed E-state index contributed by atoms with van der Waals surface area (Å²) in [7, 11) is 3.44. The van der Waals surface area contributed by atoms with Gasteiger partial charge in [-0.25, -0.2) is 4.79 Å². The van der Waals surface area contributed by atoms with Gasteiger partial charge in [-0.05, 0) is 20.0 Å². The molecule has 0 spiro atoms. The van der Waals surface area contributed by atoms with E-state index in [1.165, 1.54) is 7.11 Å². The van der Waals surface area contributed by atoms with Gasteiger partial charge in [-0.2, -0.15) is 0 Å². The number of hydrogen-bond acceptors (Lipinski definition) is 3. The molecule has 1 atom stereocenters. The highest BCUT2D eigenvalue weighted by Gasteiger charge is 2.25. The zero-order valence-electron chi connectivity index (χ0n) is 7.67. The van der Waals surface area contributed by atoms with Crippen LogP contribution in [0.25, 0.3) is 0 Å². The summed E-state index contributed by atoms with van der Waals surface area (Å²) < 4.78 is 4.60. The Kier molecular flexibility index (Phi) is 2.87. The predicted octanol–water partition coefficient (Wildman–Crippen LogP) is 0.667. The van der Waals surface area contributed by atoms with Crippen LogP contribution < -0.4 is 0 Å². The zero-order valence-corrected chi connectivity index (χ0v) is 7.67. The summed E-state index contributed by atoms with van der Waals surface area (Å²) in [5, 5.41) is 0. The smallest absolute Gasteiger partial charge is 0.333 e. The van der Waals surface area contributed by atoms with E-state index in [2.05, 4.69) is 16.2 Å². The molecular weight excluding hydrogens is 154 g/mol. The highest BCUT2D eigenvalue weighted by atomic mass is 16.5. The molecule has 1 aliphatic heterocycles. The number of hydrogen-bond donors (Lipinski definition) is 0. The molecule has 0 amide bonds. The Morgan fingerprint density at radius 3 is 2.75 bits per heavy atom. The standard InChI is InChI=1S/C9H15NO2/c1-7(9(11)12-3)8-4-5-10(2)6-8/h8H,1,4-6H2,2-3H3. The SMILES string of the molecule is C=C(C(=O)OC)C1CCN(C)C1. The fourth-order valence-corrected chi connectivity index (χ4v) is 1.52. The van der Waals surface area contributed by atoms with E-state index in [-0.39, 0.29) is 5.97 Å². The Labute approximate surface area is 73.0 Å². The summed E-state index contributed by atoms with van der Waals surface area (Å²) in [5.41, 5.74) is 0.613. The summed E-state index contributed by atoms with van der Waals surface area (Å²) in [6.07, 6.45) is 1.02. The van der Waals surface area contributed by atoms with Crippen LogP contribution in [0.4, 0.5) is 0 Å². The van der Waals surface area contributed by atoms with E-state index in [0.717, 1.165) is 19.5 Å². The molecule has 1 fully saturated rings. The molecule has 0 aliphatic carbocycles. The molecule has 0 aromatic heterocycles. The molecule has 0 saturated carbocycles. The van der Waals surface area contributed by atoms with Crippen LogP contribution in [0.5, 0.6) is 0 Å². The number of ether oxygens (including phenoxy) is 1. The third-order valence-corrected chi connectivity index (χ3v) is 2.33. The van der Waals surface area contributed by atoms with Gasteiger partial charge < -0.3 is 9.64 Å². The second kappa shape index (κ2) is 3.72. The van der Waals surface area contributed by atoms with Crippen molar-refractivity contribution in [2.45, 2.75) is 6.42 Å². The first-order valence-electron chi connectivity index (χ1n) is 4.10. The number of nitrogens with zero attached hydrogens (tertiary/aromatic N) is 1. The summed E-state index contributed by atoms with van der Waals surface area (Å²) in [6.45, 7) is 5.71. The molecule has 0 N–H and O–H groups in total. The van der Waals surface area contributed by atoms with Crippen molar-refractivity contribution in [2.24, 2.45) is 5.92 Å². The third-order valence-electron chi connectivity index (χ3n) is 2.33. The molecule has 1 rings (SSSR count). The summed E-state index contributed by atoms with van der Waals surface area (Å²) in [5.74, 6) is 0.0257. The van der Waals surface area contributed by atoms with Crippen molar-refractivity contribution in [1.82, 2.24) is 4.90 Å². The molecule has 1 unspecified atom stereocenters. The number of esters is 1. The fraction of sp³-hybridized carbons (Fsp3) is 0.667. The maximum absolute atomic E-state index is 11.1. The molecule has 68 valence electrons. The van der Waals surface area contributed by atoms with Crippen LogP contribution in [0, 0.1) is 5.92 Å². The maximum Gasteiger partial charge on any atom is 0.333 e. The van der Waals surface area contributed by atoms with Crippen LogP contribution in [-0.2, 0) is 9.53 Å². The minimum absolute atomic E-state index is 0.268. The van der Waals surface area contributed by atoms with Crippen molar-refractivity contribution >= 4 is 5.97 Å². The molecule has 12 heavy (non-hydrogen) atoms. The molecule has 1 aliphatic rings. The molecule has 0 aromatic rings. The van der Waals surface area contributed by atoms with Crippen LogP contribution in [0.2, 0.25) is 0 Å². The van der Waals surface area contributed by atoms with E-state index in [9.17, 15) is 4.79 Å². The first-order valence-corrected chi connectivity index (χ1v) is 4.10. The van der Waals surface area contributed by atoms with Crippen molar-refractivity contribution in [1.29, 1.82) is 0 Å². The minimum Gasteiger partial charge on any atom is -0.466 e. The van der Waals surface area contributed by atoms with Crippen LogP contribution in [-0.4, -0.2) is 38.1 Å². The molecule has 3 heteroatoms. The number of rotatable bonds is 2. The highest BCUT2D eigenvalue weighted by Crippen LogP contribution is 2.21. The molecular formula is C9H15NO2. The second-order valence-electron chi connectivity index (χ2n) is 3.26. The number of carbonyl (C=O) groups excluding carboxylic acids is 1. The van der Waals surface area contributed by atoms with E-state index in [1.54, 1.807) is 0 Å². The molecule has 0 bridgehead atoms. The van der Waals surface area contributed by atoms with Crippen molar-refractivity contribution in [2.75, 3.05) is 27.2 Å². The Bertz CT molecular complexity index is 201. The quantitative estimate of drug-likeness (QED) is 0.449. The van der Waals surface area contributed by atoms with Gasteiger partial charge in [0.2, 0.25) is 0 Å². The average molecular weight is 169 g/mol. The molecule has 0 aromatic carbocycles. The van der Waals surface area contributed by atoms with Gasteiger partial charge in [0.1, 0.15) is 0 Å². The van der Waals surface area contributed by atoms with Gasteiger partial charge in [0.25, 0.3) is 0 Å². The lowest BCUT2D eigenvalue weighted by molar-refractivity contribution is -0.136. The largest absolute Gasteiger partial charge is 0.466 e. The number of carbonyl (C=O) groups is 1. The lowest BCUT2D eigenvalue weighted by Crippen LogP contribution is -2.18. The molecule has 3 nitrogen and oxygen atoms in total. The van der Waals surface area contributed by atoms with E-state index in [4.69, 9.17) is 0 Å². The van der Waals surface area contributed by atoms with Crippen LogP contribution >= 0.6 is 0 Å². The third kappa shape index (κ3) is 1.85. The van der Waals surface area contributed by atoms with Crippen molar-refractivity contribution in [3.8, 4) is 0 Å². The van der Waals surface area contributed by atoms with Crippen LogP contribution in [0.1, 0.15) is 6.42 Å². The first kappa shape index (κ1) is 9.26. The molecule has 1 heterocycles. The van der Waals surface area contributed by atoms with Gasteiger partial charge in [0.05, 0.1) is 7.11 Å². The van der Waals surface area contributed by atoms with Crippen LogP contribution in [0.15, 0.2) is 12.2 Å². The summed E-state index contributed by atoms with van der Waals surface area (Å²) in [6, 6.07) is 0. The van der Waals surface area contributed by atoms with Gasteiger partial charge in [0.15, 0.2) is 0 Å². The fourth-order valence-electron chi connectivity index (χ4n) is 1.52. The molecule has 0 radical (unpaired) electrons. The normalized spacial score (nSPS) is 24.0. The first-order chi connectivity index (χ1) is 5.65. The van der Waals surface area contributed by atoms with E-state index >= 15 is 0 Å². The zero-order chi connectivity index (χ0) is 9.14. The Balaban J connectivity index is 2.48. The minimum atomic E-state index is -0.268. The summed E-state index contributed by atoms with van der Waals surface area (Å²) >= 11 is 0. The number of likely N-dealkylation sites (tertiary alicyclic amines) is 1. The van der Waals surface area contributed by atoms with E-state index in [1.807, 2.05) is 7.05 Å². The van der Waals surface area contributed by atoms with Gasteiger partial charge >= 0.3 is 5.97 Å². The van der Waals surface area contributed by atoms with Gasteiger partial charge in [-0.1, -0.05) is 6.58 Å². The van der Waals surface area contributed by atoms with Crippen molar-refractivity contribution in [3.63, 3.8) is 0 Å². The second-order valence-corrected chi connectivity index (χ2v) is 3.26. The Morgan fingerprint density at radius 1 is 1.67 bits per heavy atom. The summed E-state index contributed by atoms with van der Waals surface area (Å²) in [4.78, 5) is 13.3. The van der Waals surface area contributed by atoms with Gasteiger partial charge in [-0.15, -0.1) is 0 Å². The van der Waals surface area contributed by atoms with E-state index < -0.39 is 0 Å². The van der Waals surface area contributed by atoms with Crippen molar-refractivity contribution in [3.05, 3.63) is 12.2 Å². The topological polar surface area (TPSA) is 29.5 Å². The molecule has 1 saturated heterocycles. The average Bonchev–Trinajstić information content (AvgIpc) is 2.49. The lowest BCUT2D eigenvalue weighted by atomic mass is 10.0. The van der Waals surface area contributed by atoms with Gasteiger partial charge in [0, 0.05) is 18.0 Å². The Morgan fingerprint density at radius 2 is 2.33 bits per heavy atom. The van der Waals surface area contributed by atoms with Gasteiger partial charge in [-0.3, -0.25) is 0 Å². The predicted molar refractivity (Wildman–Crippen MR) is 46.8 cm³/mol. The highest BCUT2D eigenvalue weighted by molar-refractivity contribution is 5.88. The monoisotopic (exact) mass is 169 g/mol. The lowest BCUT2D eigenvalue weighted by Gasteiger charge is -2.11. The Hall–Kier alpha value is -0.830. The van der Waals surface area contributed by atoms with Crippen LogP contribution in [0.3, 0.4) is 0 Å². The van der Waals surface area contributed by atoms with Crippen molar-refractivity contribution < 1.29 is 9.53 Å². The maximum atomic E-state index is 11.1. The number of methoxy groups -OCH3 is 1. The van der Waals surface area contributed by atoms with E-state index in [0.29, 0.717) is 11.5 Å².